The van der Waals surface area contributed by atoms with Gasteiger partial charge in [0, 0.05) is 10.7 Å². The van der Waals surface area contributed by atoms with Gasteiger partial charge >= 0.3 is 0 Å². The molecule has 0 radical (unpaired) electrons. The Hall–Kier alpha value is -5.38. The maximum atomic E-state index is 12.7. The molecule has 39 heavy (non-hydrogen) atoms. The minimum Gasteiger partial charge on any atom is -0.454 e. The third-order valence-corrected chi connectivity index (χ3v) is 6.10. The van der Waals surface area contributed by atoms with Crippen molar-refractivity contribution < 1.29 is 23.8 Å². The molecule has 16 nitrogen and oxygen atoms in total. The zero-order valence-electron chi connectivity index (χ0n) is 19.8. The van der Waals surface area contributed by atoms with Crippen LogP contribution in [0.15, 0.2) is 40.1 Å². The van der Waals surface area contributed by atoms with Crippen molar-refractivity contribution in [2.24, 2.45) is 5.10 Å². The number of nitro benzene ring substituents is 1. The molecule has 3 aromatic heterocycles. The lowest BCUT2D eigenvalue weighted by atomic mass is 10.1. The second-order valence-corrected chi connectivity index (χ2v) is 8.63. The topological polar surface area (TPSA) is 197 Å². The number of rotatable bonds is 7. The summed E-state index contributed by atoms with van der Waals surface area (Å²) in [6.45, 7) is 1.84. The zero-order chi connectivity index (χ0) is 27.1. The molecule has 17 heteroatoms. The normalized spacial score (nSPS) is 12.5. The first-order valence-corrected chi connectivity index (χ1v) is 11.5. The number of hydrogen-bond acceptors (Lipinski definition) is 13. The number of carbonyl (C=O) groups is 1. The van der Waals surface area contributed by atoms with Gasteiger partial charge in [0.15, 0.2) is 17.3 Å². The number of aryl methyl sites for hydroxylation is 1. The van der Waals surface area contributed by atoms with Gasteiger partial charge in [0.1, 0.15) is 5.82 Å². The molecule has 0 spiro atoms. The number of fused-ring (bicyclic) bond motifs is 4. The number of nitrogens with one attached hydrogen (secondary N) is 2. The summed E-state index contributed by atoms with van der Waals surface area (Å²) in [5.74, 6) is 0.485. The van der Waals surface area contributed by atoms with Gasteiger partial charge in [-0.1, -0.05) is 17.7 Å². The molecule has 4 heterocycles. The SMILES string of the molecule is Cc1ccc(Nc2nc3nonc3n3c(CC(=O)N/N=C/c4cc5c(cc4[N+](=O)[O-])OCO5)nnc23)cc1Cl. The smallest absolute Gasteiger partial charge is 0.282 e. The van der Waals surface area contributed by atoms with Crippen molar-refractivity contribution in [3.05, 3.63) is 62.4 Å². The van der Waals surface area contributed by atoms with E-state index in [-0.39, 0.29) is 58.8 Å². The summed E-state index contributed by atoms with van der Waals surface area (Å²) in [5.41, 5.74) is 4.34. The predicted molar refractivity (Wildman–Crippen MR) is 134 cm³/mol. The number of ether oxygens (including phenoxy) is 2. The molecule has 0 atom stereocenters. The number of benzene rings is 2. The van der Waals surface area contributed by atoms with Crippen LogP contribution >= 0.6 is 11.6 Å². The van der Waals surface area contributed by atoms with Crippen LogP contribution in [0.2, 0.25) is 5.02 Å². The summed E-state index contributed by atoms with van der Waals surface area (Å²) < 4.78 is 16.7. The van der Waals surface area contributed by atoms with Crippen LogP contribution in [0.25, 0.3) is 16.9 Å². The highest BCUT2D eigenvalue weighted by Crippen LogP contribution is 2.37. The number of halogens is 1. The summed E-state index contributed by atoms with van der Waals surface area (Å²) in [4.78, 5) is 27.9. The summed E-state index contributed by atoms with van der Waals surface area (Å²) in [6.07, 6.45) is 0.863. The van der Waals surface area contributed by atoms with E-state index in [1.165, 1.54) is 16.5 Å². The maximum absolute atomic E-state index is 12.7. The van der Waals surface area contributed by atoms with Crippen molar-refractivity contribution in [3.63, 3.8) is 0 Å². The van der Waals surface area contributed by atoms with Crippen LogP contribution < -0.4 is 20.2 Å². The van der Waals surface area contributed by atoms with Gasteiger partial charge in [-0.25, -0.2) is 15.0 Å². The van der Waals surface area contributed by atoms with Crippen LogP contribution in [0.4, 0.5) is 17.2 Å². The van der Waals surface area contributed by atoms with E-state index >= 15 is 0 Å². The molecule has 2 N–H and O–H groups in total. The Kier molecular flexibility index (Phi) is 5.84. The Bertz CT molecular complexity index is 1820. The fourth-order valence-corrected chi connectivity index (χ4v) is 3.99. The Balaban J connectivity index is 1.25. The molecular weight excluding hydrogens is 536 g/mol. The van der Waals surface area contributed by atoms with Crippen molar-refractivity contribution in [3.8, 4) is 11.5 Å². The van der Waals surface area contributed by atoms with Crippen LogP contribution in [0, 0.1) is 17.0 Å². The summed E-state index contributed by atoms with van der Waals surface area (Å²) in [6, 6.07) is 8.02. The van der Waals surface area contributed by atoms with Crippen molar-refractivity contribution in [2.75, 3.05) is 12.1 Å². The lowest BCUT2D eigenvalue weighted by Crippen LogP contribution is -2.21. The number of aromatic nitrogens is 6. The average molecular weight is 551 g/mol. The number of nitrogens with zero attached hydrogens (tertiary/aromatic N) is 8. The molecule has 0 aliphatic carbocycles. The van der Waals surface area contributed by atoms with Crippen LogP contribution in [0.5, 0.6) is 11.5 Å². The second-order valence-electron chi connectivity index (χ2n) is 8.23. The van der Waals surface area contributed by atoms with Crippen LogP contribution in [-0.2, 0) is 11.2 Å². The van der Waals surface area contributed by atoms with E-state index in [0.29, 0.717) is 16.5 Å². The van der Waals surface area contributed by atoms with Crippen LogP contribution in [0.3, 0.4) is 0 Å². The average Bonchev–Trinajstić information content (AvgIpc) is 3.65. The summed E-state index contributed by atoms with van der Waals surface area (Å²) in [7, 11) is 0. The van der Waals surface area contributed by atoms with E-state index in [9.17, 15) is 14.9 Å². The molecular formula is C22H15ClN10O6. The Morgan fingerprint density at radius 1 is 1.21 bits per heavy atom. The first kappa shape index (κ1) is 24.0. The number of amides is 1. The van der Waals surface area contributed by atoms with Gasteiger partial charge in [-0.2, -0.15) is 5.10 Å². The summed E-state index contributed by atoms with van der Waals surface area (Å²) in [5, 5.41) is 34.9. The molecule has 0 saturated carbocycles. The predicted octanol–water partition coefficient (Wildman–Crippen LogP) is 2.70. The van der Waals surface area contributed by atoms with Crippen molar-refractivity contribution in [1.82, 2.24) is 35.3 Å². The van der Waals surface area contributed by atoms with Crippen LogP contribution in [0.1, 0.15) is 17.0 Å². The van der Waals surface area contributed by atoms with E-state index in [0.717, 1.165) is 11.8 Å². The van der Waals surface area contributed by atoms with E-state index in [2.05, 4.69) is 41.3 Å². The molecule has 5 aromatic rings. The fraction of sp³-hybridized carbons (Fsp3) is 0.136. The molecule has 0 fully saturated rings. The molecule has 0 unspecified atom stereocenters. The minimum atomic E-state index is -0.588. The van der Waals surface area contributed by atoms with E-state index in [4.69, 9.17) is 25.7 Å². The lowest BCUT2D eigenvalue weighted by Gasteiger charge is -2.08. The number of hydrogen-bond donors (Lipinski definition) is 2. The molecule has 0 saturated heterocycles. The Morgan fingerprint density at radius 2 is 2.03 bits per heavy atom. The van der Waals surface area contributed by atoms with Gasteiger partial charge in [-0.05, 0) is 41.0 Å². The Labute approximate surface area is 221 Å². The minimum absolute atomic E-state index is 0.0457. The van der Waals surface area contributed by atoms with Crippen molar-refractivity contribution in [1.29, 1.82) is 0 Å². The highest BCUT2D eigenvalue weighted by atomic mass is 35.5. The van der Waals surface area contributed by atoms with Crippen molar-refractivity contribution in [2.45, 2.75) is 13.3 Å². The lowest BCUT2D eigenvalue weighted by molar-refractivity contribution is -0.385. The highest BCUT2D eigenvalue weighted by Gasteiger charge is 2.23. The largest absolute Gasteiger partial charge is 0.454 e. The van der Waals surface area contributed by atoms with Crippen LogP contribution in [-0.4, -0.2) is 53.7 Å². The Morgan fingerprint density at radius 3 is 2.82 bits per heavy atom. The number of carbonyl (C=O) groups excluding carboxylic acids is 1. The van der Waals surface area contributed by atoms with Gasteiger partial charge < -0.3 is 14.8 Å². The van der Waals surface area contributed by atoms with Gasteiger partial charge in [-0.3, -0.25) is 19.3 Å². The molecule has 1 aliphatic heterocycles. The number of nitro groups is 1. The first-order chi connectivity index (χ1) is 18.9. The standard InChI is InChI=1S/C22H15ClN10O6/c1-10-2-3-12(5-13(10)23)25-19-21-29-27-17(32(21)22-20(26-19)30-39-31-22)7-18(34)28-24-8-11-4-15-16(38-9-37-15)6-14(11)33(35)36/h2-6,8H,7,9H2,1H3,(H,28,34)(H,25,26,30)/b24-8+. The molecule has 0 bridgehead atoms. The quantitative estimate of drug-likeness (QED) is 0.171. The van der Waals surface area contributed by atoms with Crippen molar-refractivity contribution >= 4 is 57.9 Å². The fourth-order valence-electron chi connectivity index (χ4n) is 3.81. The molecule has 1 amide bonds. The number of anilines is 2. The molecule has 196 valence electrons. The monoisotopic (exact) mass is 550 g/mol. The van der Waals surface area contributed by atoms with Gasteiger partial charge in [0.2, 0.25) is 29.6 Å². The van der Waals surface area contributed by atoms with Gasteiger partial charge in [0.05, 0.1) is 29.2 Å². The zero-order valence-corrected chi connectivity index (χ0v) is 20.5. The van der Waals surface area contributed by atoms with E-state index in [1.807, 2.05) is 19.1 Å². The number of hydrazone groups is 1. The van der Waals surface area contributed by atoms with E-state index in [1.54, 1.807) is 6.07 Å². The van der Waals surface area contributed by atoms with Gasteiger partial charge in [0.25, 0.3) is 5.69 Å². The third kappa shape index (κ3) is 4.48. The molecule has 1 aliphatic rings. The van der Waals surface area contributed by atoms with Gasteiger partial charge in [-0.15, -0.1) is 10.2 Å². The third-order valence-electron chi connectivity index (χ3n) is 5.69. The maximum Gasteiger partial charge on any atom is 0.282 e. The van der Waals surface area contributed by atoms with E-state index < -0.39 is 10.8 Å². The molecule has 6 rings (SSSR count). The second kappa shape index (κ2) is 9.49. The first-order valence-electron chi connectivity index (χ1n) is 11.2. The highest BCUT2D eigenvalue weighted by molar-refractivity contribution is 6.31. The molecule has 2 aromatic carbocycles. The summed E-state index contributed by atoms with van der Waals surface area (Å²) >= 11 is 6.24.